The van der Waals surface area contributed by atoms with E-state index in [4.69, 9.17) is 9.47 Å². The first kappa shape index (κ1) is 16.0. The fourth-order valence-electron chi connectivity index (χ4n) is 2.92. The van der Waals surface area contributed by atoms with Crippen LogP contribution in [0.15, 0.2) is 65.5 Å². The van der Waals surface area contributed by atoms with Crippen LogP contribution >= 0.6 is 0 Å². The van der Waals surface area contributed by atoms with Crippen molar-refractivity contribution in [1.82, 2.24) is 14.8 Å². The summed E-state index contributed by atoms with van der Waals surface area (Å²) in [5, 5.41) is 3.60. The number of fused-ring (bicyclic) bond motifs is 1. The van der Waals surface area contributed by atoms with E-state index in [1.165, 1.54) is 4.68 Å². The fraction of sp³-hybridized carbons (Fsp3) is 0.100. The molecule has 0 radical (unpaired) electrons. The highest BCUT2D eigenvalue weighted by Crippen LogP contribution is 2.32. The van der Waals surface area contributed by atoms with E-state index in [2.05, 4.69) is 10.1 Å². The number of H-pyrrole nitrogens is 1. The Labute approximate surface area is 149 Å². The van der Waals surface area contributed by atoms with E-state index in [0.717, 1.165) is 11.3 Å². The van der Waals surface area contributed by atoms with Crippen molar-refractivity contribution in [3.8, 4) is 28.4 Å². The number of nitrogens with one attached hydrogen (secondary N) is 1. The molecular weight excluding hydrogens is 330 g/mol. The summed E-state index contributed by atoms with van der Waals surface area (Å²) < 4.78 is 12.2. The van der Waals surface area contributed by atoms with Crippen LogP contribution in [0.3, 0.4) is 0 Å². The van der Waals surface area contributed by atoms with Gasteiger partial charge in [0.1, 0.15) is 11.5 Å². The molecule has 4 rings (SSSR count). The molecule has 130 valence electrons. The first-order valence-electron chi connectivity index (χ1n) is 8.11. The molecule has 2 heterocycles. The quantitative estimate of drug-likeness (QED) is 0.614. The number of aromatic amines is 1. The summed E-state index contributed by atoms with van der Waals surface area (Å²) in [6.45, 7) is 0. The third kappa shape index (κ3) is 2.61. The van der Waals surface area contributed by atoms with Gasteiger partial charge in [0, 0.05) is 5.56 Å². The van der Waals surface area contributed by atoms with Gasteiger partial charge in [0.15, 0.2) is 5.65 Å². The lowest BCUT2D eigenvalue weighted by molar-refractivity contribution is 0.404. The first-order chi connectivity index (χ1) is 12.7. The molecule has 0 aliphatic carbocycles. The van der Waals surface area contributed by atoms with Gasteiger partial charge in [-0.2, -0.15) is 0 Å². The van der Waals surface area contributed by atoms with Crippen molar-refractivity contribution in [1.29, 1.82) is 0 Å². The van der Waals surface area contributed by atoms with Crippen LogP contribution in [0.1, 0.15) is 0 Å². The minimum absolute atomic E-state index is 0.136. The molecule has 6 nitrogen and oxygen atoms in total. The smallest absolute Gasteiger partial charge is 0.280 e. The Morgan fingerprint density at radius 1 is 0.962 bits per heavy atom. The van der Waals surface area contributed by atoms with Gasteiger partial charge in [-0.1, -0.05) is 18.2 Å². The zero-order valence-corrected chi connectivity index (χ0v) is 14.4. The van der Waals surface area contributed by atoms with E-state index in [9.17, 15) is 4.79 Å². The van der Waals surface area contributed by atoms with Crippen LogP contribution < -0.4 is 15.0 Å². The van der Waals surface area contributed by atoms with Crippen molar-refractivity contribution in [2.75, 3.05) is 14.2 Å². The second-order valence-corrected chi connectivity index (χ2v) is 5.75. The number of hydrogen-bond donors (Lipinski definition) is 1. The van der Waals surface area contributed by atoms with E-state index in [-0.39, 0.29) is 5.56 Å². The average molecular weight is 347 g/mol. The molecule has 0 amide bonds. The van der Waals surface area contributed by atoms with E-state index in [0.29, 0.717) is 28.2 Å². The molecule has 2 aromatic carbocycles. The molecule has 0 aliphatic rings. The monoisotopic (exact) mass is 347 g/mol. The average Bonchev–Trinajstić information content (AvgIpc) is 3.04. The Kier molecular flexibility index (Phi) is 3.93. The SMILES string of the molecule is COc1ccc(OC)c(-c2ccc3c(=O)n(-c4ccccc4)[nH]c3n2)c1. The van der Waals surface area contributed by atoms with Crippen molar-refractivity contribution < 1.29 is 9.47 Å². The fourth-order valence-corrected chi connectivity index (χ4v) is 2.92. The largest absolute Gasteiger partial charge is 0.497 e. The van der Waals surface area contributed by atoms with Gasteiger partial charge in [-0.05, 0) is 42.5 Å². The second-order valence-electron chi connectivity index (χ2n) is 5.75. The third-order valence-corrected chi connectivity index (χ3v) is 4.24. The van der Waals surface area contributed by atoms with Crippen molar-refractivity contribution in [2.45, 2.75) is 0 Å². The number of methoxy groups -OCH3 is 2. The number of benzene rings is 2. The molecular formula is C20H17N3O3. The summed E-state index contributed by atoms with van der Waals surface area (Å²) in [7, 11) is 3.22. The minimum atomic E-state index is -0.136. The Hall–Kier alpha value is -3.54. The van der Waals surface area contributed by atoms with Crippen LogP contribution in [0.2, 0.25) is 0 Å². The zero-order valence-electron chi connectivity index (χ0n) is 14.4. The molecule has 2 aromatic heterocycles. The molecule has 0 saturated carbocycles. The maximum atomic E-state index is 12.6. The predicted molar refractivity (Wildman–Crippen MR) is 100 cm³/mol. The van der Waals surface area contributed by atoms with Crippen molar-refractivity contribution in [2.24, 2.45) is 0 Å². The summed E-state index contributed by atoms with van der Waals surface area (Å²) in [6, 6.07) is 18.5. The number of aromatic nitrogens is 3. The molecule has 26 heavy (non-hydrogen) atoms. The lowest BCUT2D eigenvalue weighted by Crippen LogP contribution is -2.13. The summed E-state index contributed by atoms with van der Waals surface area (Å²) in [5.41, 5.74) is 2.62. The van der Waals surface area contributed by atoms with Gasteiger partial charge < -0.3 is 9.47 Å². The first-order valence-corrected chi connectivity index (χ1v) is 8.11. The Bertz CT molecular complexity index is 1130. The highest BCUT2D eigenvalue weighted by atomic mass is 16.5. The molecule has 0 spiro atoms. The lowest BCUT2D eigenvalue weighted by Gasteiger charge is -2.09. The summed E-state index contributed by atoms with van der Waals surface area (Å²) in [4.78, 5) is 17.3. The number of pyridine rings is 1. The Morgan fingerprint density at radius 3 is 2.50 bits per heavy atom. The van der Waals surface area contributed by atoms with Gasteiger partial charge in [0.25, 0.3) is 5.56 Å². The van der Waals surface area contributed by atoms with Crippen molar-refractivity contribution in [3.63, 3.8) is 0 Å². The number of ether oxygens (including phenoxy) is 2. The van der Waals surface area contributed by atoms with Gasteiger partial charge in [-0.25, -0.2) is 9.67 Å². The topological polar surface area (TPSA) is 69.1 Å². The van der Waals surface area contributed by atoms with E-state index in [1.54, 1.807) is 20.3 Å². The number of rotatable bonds is 4. The molecule has 0 atom stereocenters. The molecule has 0 aliphatic heterocycles. The van der Waals surface area contributed by atoms with Crippen LogP contribution in [-0.2, 0) is 0 Å². The molecule has 0 unspecified atom stereocenters. The van der Waals surface area contributed by atoms with Gasteiger partial charge in [-0.3, -0.25) is 9.89 Å². The second kappa shape index (κ2) is 6.40. The third-order valence-electron chi connectivity index (χ3n) is 4.24. The molecule has 1 N–H and O–H groups in total. The van der Waals surface area contributed by atoms with Gasteiger partial charge in [-0.15, -0.1) is 0 Å². The van der Waals surface area contributed by atoms with Crippen LogP contribution in [0, 0.1) is 0 Å². The predicted octanol–water partition coefficient (Wildman–Crippen LogP) is 3.40. The van der Waals surface area contributed by atoms with Crippen LogP contribution in [0.4, 0.5) is 0 Å². The van der Waals surface area contributed by atoms with Crippen LogP contribution in [0.25, 0.3) is 28.0 Å². The summed E-state index contributed by atoms with van der Waals surface area (Å²) in [6.07, 6.45) is 0. The number of hydrogen-bond acceptors (Lipinski definition) is 4. The minimum Gasteiger partial charge on any atom is -0.497 e. The Balaban J connectivity index is 1.88. The lowest BCUT2D eigenvalue weighted by atomic mass is 10.1. The molecule has 0 saturated heterocycles. The molecule has 0 bridgehead atoms. The summed E-state index contributed by atoms with van der Waals surface area (Å²) in [5.74, 6) is 1.39. The molecule has 0 fully saturated rings. The van der Waals surface area contributed by atoms with E-state index >= 15 is 0 Å². The maximum absolute atomic E-state index is 12.6. The van der Waals surface area contributed by atoms with Gasteiger partial charge >= 0.3 is 0 Å². The van der Waals surface area contributed by atoms with Crippen LogP contribution in [0.5, 0.6) is 11.5 Å². The summed E-state index contributed by atoms with van der Waals surface area (Å²) >= 11 is 0. The number of para-hydroxylation sites is 1. The normalized spacial score (nSPS) is 10.8. The van der Waals surface area contributed by atoms with Crippen molar-refractivity contribution >= 4 is 11.0 Å². The van der Waals surface area contributed by atoms with Crippen LogP contribution in [-0.4, -0.2) is 29.0 Å². The molecule has 6 heteroatoms. The highest BCUT2D eigenvalue weighted by molar-refractivity contribution is 5.80. The highest BCUT2D eigenvalue weighted by Gasteiger charge is 2.13. The molecule has 4 aromatic rings. The standard InChI is InChI=1S/C20H17N3O3/c1-25-14-8-11-18(26-2)16(12-14)17-10-9-15-19(21-17)22-23(20(15)24)13-6-4-3-5-7-13/h3-12H,1-2H3,(H,21,22). The van der Waals surface area contributed by atoms with Gasteiger partial charge in [0.05, 0.1) is 31.0 Å². The Morgan fingerprint density at radius 2 is 1.77 bits per heavy atom. The van der Waals surface area contributed by atoms with Gasteiger partial charge in [0.2, 0.25) is 0 Å². The number of nitrogens with zero attached hydrogens (tertiary/aromatic N) is 2. The van der Waals surface area contributed by atoms with E-state index in [1.807, 2.05) is 54.6 Å². The zero-order chi connectivity index (χ0) is 18.1. The maximum Gasteiger partial charge on any atom is 0.280 e. The van der Waals surface area contributed by atoms with E-state index < -0.39 is 0 Å². The van der Waals surface area contributed by atoms with Crippen molar-refractivity contribution in [3.05, 3.63) is 71.0 Å².